The smallest absolute Gasteiger partial charge is 0.252 e. The number of aryl methyl sites for hydroxylation is 2. The maximum atomic E-state index is 12.5. The topological polar surface area (TPSA) is 66.3 Å². The van der Waals surface area contributed by atoms with Gasteiger partial charge in [0.15, 0.2) is 5.65 Å². The van der Waals surface area contributed by atoms with Crippen molar-refractivity contribution in [2.75, 3.05) is 39.3 Å². The molecule has 7 heteroatoms. The molecule has 1 aromatic carbocycles. The van der Waals surface area contributed by atoms with Crippen molar-refractivity contribution in [3.05, 3.63) is 59.4 Å². The standard InChI is InChI=1S/C22H28N6O/c1-17-20-14-19(15-24-21(20)26(2)25-17)22(29)23-8-9-27-10-12-28(13-11-27)16-18-6-4-3-5-7-18/h3-7,14-15H,8-13,16H2,1-2H3,(H,23,29). The van der Waals surface area contributed by atoms with Gasteiger partial charge in [0.1, 0.15) is 0 Å². The van der Waals surface area contributed by atoms with Crippen molar-refractivity contribution in [2.45, 2.75) is 13.5 Å². The maximum absolute atomic E-state index is 12.5. The first-order chi connectivity index (χ1) is 14.1. The molecule has 0 aliphatic carbocycles. The molecule has 152 valence electrons. The highest BCUT2D eigenvalue weighted by Crippen LogP contribution is 2.16. The fraction of sp³-hybridized carbons (Fsp3) is 0.409. The minimum absolute atomic E-state index is 0.0784. The first-order valence-corrected chi connectivity index (χ1v) is 10.2. The van der Waals surface area contributed by atoms with Crippen LogP contribution in [0, 0.1) is 6.92 Å². The van der Waals surface area contributed by atoms with Gasteiger partial charge in [-0.05, 0) is 18.6 Å². The molecule has 0 radical (unpaired) electrons. The Morgan fingerprint density at radius 3 is 2.59 bits per heavy atom. The summed E-state index contributed by atoms with van der Waals surface area (Å²) in [6, 6.07) is 12.5. The molecule has 0 atom stereocenters. The number of hydrogen-bond acceptors (Lipinski definition) is 5. The molecule has 0 bridgehead atoms. The fourth-order valence-electron chi connectivity index (χ4n) is 3.87. The van der Waals surface area contributed by atoms with Crippen LogP contribution >= 0.6 is 0 Å². The number of nitrogens with zero attached hydrogens (tertiary/aromatic N) is 5. The summed E-state index contributed by atoms with van der Waals surface area (Å²) in [5.74, 6) is -0.0784. The van der Waals surface area contributed by atoms with E-state index in [9.17, 15) is 4.79 Å². The molecule has 29 heavy (non-hydrogen) atoms. The number of nitrogens with one attached hydrogen (secondary N) is 1. The van der Waals surface area contributed by atoms with Gasteiger partial charge in [0.25, 0.3) is 5.91 Å². The highest BCUT2D eigenvalue weighted by Gasteiger charge is 2.17. The van der Waals surface area contributed by atoms with Crippen molar-refractivity contribution >= 4 is 16.9 Å². The van der Waals surface area contributed by atoms with Crippen LogP contribution in [0.2, 0.25) is 0 Å². The van der Waals surface area contributed by atoms with Gasteiger partial charge < -0.3 is 5.32 Å². The Labute approximate surface area is 171 Å². The predicted molar refractivity (Wildman–Crippen MR) is 114 cm³/mol. The lowest BCUT2D eigenvalue weighted by Gasteiger charge is -2.34. The molecule has 3 aromatic rings. The number of piperazine rings is 1. The van der Waals surface area contributed by atoms with Gasteiger partial charge in [0, 0.05) is 64.4 Å². The Morgan fingerprint density at radius 1 is 1.10 bits per heavy atom. The molecule has 7 nitrogen and oxygen atoms in total. The highest BCUT2D eigenvalue weighted by atomic mass is 16.1. The molecule has 1 fully saturated rings. The number of fused-ring (bicyclic) bond motifs is 1. The highest BCUT2D eigenvalue weighted by molar-refractivity contribution is 5.97. The lowest BCUT2D eigenvalue weighted by atomic mass is 10.2. The third-order valence-corrected chi connectivity index (χ3v) is 5.55. The summed E-state index contributed by atoms with van der Waals surface area (Å²) in [6.45, 7) is 8.63. The molecule has 0 spiro atoms. The monoisotopic (exact) mass is 392 g/mol. The number of benzene rings is 1. The van der Waals surface area contributed by atoms with E-state index >= 15 is 0 Å². The minimum Gasteiger partial charge on any atom is -0.351 e. The number of amides is 1. The normalized spacial score (nSPS) is 15.7. The third kappa shape index (κ3) is 4.63. The summed E-state index contributed by atoms with van der Waals surface area (Å²) >= 11 is 0. The van der Waals surface area contributed by atoms with E-state index in [1.807, 2.05) is 20.0 Å². The summed E-state index contributed by atoms with van der Waals surface area (Å²) in [5, 5.41) is 8.31. The van der Waals surface area contributed by atoms with Crippen LogP contribution in [-0.2, 0) is 13.6 Å². The molecule has 1 N–H and O–H groups in total. The quantitative estimate of drug-likeness (QED) is 0.693. The third-order valence-electron chi connectivity index (χ3n) is 5.55. The van der Waals surface area contributed by atoms with Crippen LogP contribution in [0.1, 0.15) is 21.6 Å². The number of rotatable bonds is 6. The van der Waals surface area contributed by atoms with Gasteiger partial charge in [-0.1, -0.05) is 30.3 Å². The molecule has 4 rings (SSSR count). The Balaban J connectivity index is 1.22. The summed E-state index contributed by atoms with van der Waals surface area (Å²) in [4.78, 5) is 21.8. The summed E-state index contributed by atoms with van der Waals surface area (Å²) < 4.78 is 1.74. The van der Waals surface area contributed by atoms with E-state index in [1.165, 1.54) is 5.56 Å². The average Bonchev–Trinajstić information content (AvgIpc) is 3.03. The largest absolute Gasteiger partial charge is 0.351 e. The van der Waals surface area contributed by atoms with E-state index in [-0.39, 0.29) is 5.91 Å². The zero-order valence-corrected chi connectivity index (χ0v) is 17.1. The second-order valence-electron chi connectivity index (χ2n) is 7.66. The summed E-state index contributed by atoms with van der Waals surface area (Å²) in [7, 11) is 1.86. The predicted octanol–water partition coefficient (Wildman–Crippen LogP) is 1.82. The number of pyridine rings is 1. The van der Waals surface area contributed by atoms with Crippen molar-refractivity contribution in [1.82, 2.24) is 29.9 Å². The molecule has 3 heterocycles. The second kappa shape index (κ2) is 8.71. The Kier molecular flexibility index (Phi) is 5.87. The SMILES string of the molecule is Cc1nn(C)c2ncc(C(=O)NCCN3CCN(Cc4ccccc4)CC3)cc12. The fourth-order valence-corrected chi connectivity index (χ4v) is 3.87. The minimum atomic E-state index is -0.0784. The van der Waals surface area contributed by atoms with E-state index in [2.05, 4.69) is 55.5 Å². The summed E-state index contributed by atoms with van der Waals surface area (Å²) in [6.07, 6.45) is 1.63. The first kappa shape index (κ1) is 19.5. The van der Waals surface area contributed by atoms with Crippen molar-refractivity contribution in [3.63, 3.8) is 0 Å². The van der Waals surface area contributed by atoms with Gasteiger partial charge >= 0.3 is 0 Å². The average molecular weight is 393 g/mol. The van der Waals surface area contributed by atoms with Gasteiger partial charge in [0.2, 0.25) is 0 Å². The molecule has 1 aliphatic heterocycles. The maximum Gasteiger partial charge on any atom is 0.252 e. The van der Waals surface area contributed by atoms with E-state index < -0.39 is 0 Å². The van der Waals surface area contributed by atoms with E-state index in [4.69, 9.17) is 0 Å². The zero-order valence-electron chi connectivity index (χ0n) is 17.1. The van der Waals surface area contributed by atoms with E-state index in [0.29, 0.717) is 12.1 Å². The number of aromatic nitrogens is 3. The molecule has 1 amide bonds. The van der Waals surface area contributed by atoms with E-state index in [1.54, 1.807) is 10.9 Å². The van der Waals surface area contributed by atoms with Crippen LogP contribution in [-0.4, -0.2) is 69.7 Å². The van der Waals surface area contributed by atoms with Crippen molar-refractivity contribution in [3.8, 4) is 0 Å². The van der Waals surface area contributed by atoms with Crippen molar-refractivity contribution < 1.29 is 4.79 Å². The van der Waals surface area contributed by atoms with E-state index in [0.717, 1.165) is 56.0 Å². The molecule has 1 aliphatic rings. The Bertz CT molecular complexity index is 976. The second-order valence-corrected chi connectivity index (χ2v) is 7.66. The molecular formula is C22H28N6O. The number of hydrogen-bond donors (Lipinski definition) is 1. The lowest BCUT2D eigenvalue weighted by Crippen LogP contribution is -2.48. The lowest BCUT2D eigenvalue weighted by molar-refractivity contribution is 0.0934. The summed E-state index contributed by atoms with van der Waals surface area (Å²) in [5.41, 5.74) is 3.63. The van der Waals surface area contributed by atoms with Crippen molar-refractivity contribution in [2.24, 2.45) is 7.05 Å². The first-order valence-electron chi connectivity index (χ1n) is 10.2. The molecule has 2 aromatic heterocycles. The van der Waals surface area contributed by atoms with Crippen LogP contribution < -0.4 is 5.32 Å². The zero-order chi connectivity index (χ0) is 20.2. The molecule has 0 saturated carbocycles. The van der Waals surface area contributed by atoms with Gasteiger partial charge in [-0.2, -0.15) is 5.10 Å². The van der Waals surface area contributed by atoms with Gasteiger partial charge in [-0.15, -0.1) is 0 Å². The molecule has 1 saturated heterocycles. The van der Waals surface area contributed by atoms with Gasteiger partial charge in [-0.3, -0.25) is 19.3 Å². The molecule has 0 unspecified atom stereocenters. The Hall–Kier alpha value is -2.77. The number of carbonyl (C=O) groups is 1. The van der Waals surface area contributed by atoms with Gasteiger partial charge in [0.05, 0.1) is 11.3 Å². The van der Waals surface area contributed by atoms with Crippen LogP contribution in [0.25, 0.3) is 11.0 Å². The van der Waals surface area contributed by atoms with Crippen LogP contribution in [0.15, 0.2) is 42.6 Å². The number of carbonyl (C=O) groups excluding carboxylic acids is 1. The van der Waals surface area contributed by atoms with Crippen LogP contribution in [0.5, 0.6) is 0 Å². The Morgan fingerprint density at radius 2 is 1.83 bits per heavy atom. The van der Waals surface area contributed by atoms with Crippen molar-refractivity contribution in [1.29, 1.82) is 0 Å². The van der Waals surface area contributed by atoms with Gasteiger partial charge in [-0.25, -0.2) is 4.98 Å². The van der Waals surface area contributed by atoms with Crippen LogP contribution in [0.3, 0.4) is 0 Å². The van der Waals surface area contributed by atoms with Crippen LogP contribution in [0.4, 0.5) is 0 Å². The molecular weight excluding hydrogens is 364 g/mol.